The van der Waals surface area contributed by atoms with Crippen LogP contribution in [-0.4, -0.2) is 34.3 Å². The Morgan fingerprint density at radius 3 is 2.33 bits per heavy atom. The molecule has 33 heavy (non-hydrogen) atoms. The lowest BCUT2D eigenvalue weighted by Crippen LogP contribution is -2.01. The van der Waals surface area contributed by atoms with Crippen molar-refractivity contribution in [3.63, 3.8) is 0 Å². The van der Waals surface area contributed by atoms with Gasteiger partial charge in [-0.2, -0.15) is 0 Å². The van der Waals surface area contributed by atoms with Crippen molar-refractivity contribution in [2.75, 3.05) is 12.5 Å². The van der Waals surface area contributed by atoms with Gasteiger partial charge in [0.05, 0.1) is 15.3 Å². The van der Waals surface area contributed by atoms with Gasteiger partial charge in [0.1, 0.15) is 12.4 Å². The van der Waals surface area contributed by atoms with E-state index in [0.717, 1.165) is 18.1 Å². The van der Waals surface area contributed by atoms with Crippen LogP contribution in [0.4, 0.5) is 0 Å². The average Bonchev–Trinajstić information content (AvgIpc) is 2.77. The summed E-state index contributed by atoms with van der Waals surface area (Å²) in [6.07, 6.45) is 3.86. The van der Waals surface area contributed by atoms with Gasteiger partial charge in [-0.15, -0.1) is 0 Å². The monoisotopic (exact) mass is 501 g/mol. The number of hydrogen-bond donors (Lipinski definition) is 0. The van der Waals surface area contributed by atoms with Gasteiger partial charge in [0, 0.05) is 34.7 Å². The number of para-hydroxylation sites is 1. The van der Waals surface area contributed by atoms with E-state index in [4.69, 9.17) is 16.3 Å². The van der Waals surface area contributed by atoms with E-state index >= 15 is 0 Å². The SMILES string of the molecule is CS(=O)(=O)c1cccc(COc2ccc(Cl)c(-c3ccnc4c(S(C)(=O)=O)cccc34)c2)c1. The third kappa shape index (κ3) is 5.03. The van der Waals surface area contributed by atoms with Crippen LogP contribution in [0.15, 0.2) is 82.7 Å². The molecule has 0 radical (unpaired) electrons. The highest BCUT2D eigenvalue weighted by Gasteiger charge is 2.16. The highest BCUT2D eigenvalue weighted by molar-refractivity contribution is 7.91. The topological polar surface area (TPSA) is 90.4 Å². The van der Waals surface area contributed by atoms with Crippen molar-refractivity contribution in [1.29, 1.82) is 0 Å². The Kier molecular flexibility index (Phi) is 6.18. The summed E-state index contributed by atoms with van der Waals surface area (Å²) in [6, 6.07) is 18.5. The molecule has 0 spiro atoms. The van der Waals surface area contributed by atoms with Crippen LogP contribution in [0.1, 0.15) is 5.56 Å². The molecule has 3 aromatic carbocycles. The predicted molar refractivity (Wildman–Crippen MR) is 129 cm³/mol. The number of benzene rings is 3. The molecule has 1 aromatic heterocycles. The lowest BCUT2D eigenvalue weighted by molar-refractivity contribution is 0.306. The smallest absolute Gasteiger partial charge is 0.177 e. The number of nitrogens with zero attached hydrogens (tertiary/aromatic N) is 1. The van der Waals surface area contributed by atoms with E-state index in [-0.39, 0.29) is 16.4 Å². The van der Waals surface area contributed by atoms with Crippen molar-refractivity contribution in [3.05, 3.63) is 83.5 Å². The Bertz CT molecular complexity index is 1580. The number of sulfone groups is 2. The van der Waals surface area contributed by atoms with Gasteiger partial charge in [-0.1, -0.05) is 35.9 Å². The molecule has 4 rings (SSSR count). The van der Waals surface area contributed by atoms with Crippen LogP contribution < -0.4 is 4.74 Å². The van der Waals surface area contributed by atoms with Gasteiger partial charge in [-0.3, -0.25) is 4.98 Å². The first-order chi connectivity index (χ1) is 15.5. The van der Waals surface area contributed by atoms with Gasteiger partial charge in [0.2, 0.25) is 0 Å². The molecular formula is C24H20ClNO5S2. The van der Waals surface area contributed by atoms with Crippen molar-refractivity contribution in [1.82, 2.24) is 4.98 Å². The summed E-state index contributed by atoms with van der Waals surface area (Å²) < 4.78 is 53.9. The molecule has 0 aliphatic rings. The predicted octanol–water partition coefficient (Wildman–Crippen LogP) is 4.94. The fraction of sp³-hybridized carbons (Fsp3) is 0.125. The first-order valence-electron chi connectivity index (χ1n) is 9.83. The lowest BCUT2D eigenvalue weighted by Gasteiger charge is -2.13. The quantitative estimate of drug-likeness (QED) is 0.371. The number of fused-ring (bicyclic) bond motifs is 1. The highest BCUT2D eigenvalue weighted by Crippen LogP contribution is 2.36. The summed E-state index contributed by atoms with van der Waals surface area (Å²) in [4.78, 5) is 4.66. The zero-order valence-corrected chi connectivity index (χ0v) is 20.2. The Morgan fingerprint density at radius 1 is 0.848 bits per heavy atom. The van der Waals surface area contributed by atoms with Crippen LogP contribution in [-0.2, 0) is 26.3 Å². The second kappa shape index (κ2) is 8.78. The zero-order chi connectivity index (χ0) is 23.8. The fourth-order valence-corrected chi connectivity index (χ4v) is 5.27. The fourth-order valence-electron chi connectivity index (χ4n) is 3.52. The van der Waals surface area contributed by atoms with Crippen molar-refractivity contribution in [2.24, 2.45) is 0 Å². The summed E-state index contributed by atoms with van der Waals surface area (Å²) >= 11 is 6.49. The van der Waals surface area contributed by atoms with Gasteiger partial charge >= 0.3 is 0 Å². The van der Waals surface area contributed by atoms with Crippen LogP contribution in [0.2, 0.25) is 5.02 Å². The molecule has 0 bridgehead atoms. The Morgan fingerprint density at radius 2 is 1.61 bits per heavy atom. The van der Waals surface area contributed by atoms with Crippen LogP contribution in [0.3, 0.4) is 0 Å². The minimum atomic E-state index is -3.46. The number of rotatable bonds is 6. The molecule has 0 atom stereocenters. The molecule has 0 amide bonds. The average molecular weight is 502 g/mol. The van der Waals surface area contributed by atoms with Gasteiger partial charge in [0.25, 0.3) is 0 Å². The number of aromatic nitrogens is 1. The number of halogens is 1. The minimum absolute atomic E-state index is 0.149. The van der Waals surface area contributed by atoms with Gasteiger partial charge in [-0.05, 0) is 53.6 Å². The number of ether oxygens (including phenoxy) is 1. The molecule has 0 N–H and O–H groups in total. The third-order valence-corrected chi connectivity index (χ3v) is 7.66. The van der Waals surface area contributed by atoms with Crippen LogP contribution in [0.25, 0.3) is 22.0 Å². The molecular weight excluding hydrogens is 482 g/mol. The maximum Gasteiger partial charge on any atom is 0.177 e. The van der Waals surface area contributed by atoms with Crippen molar-refractivity contribution in [3.8, 4) is 16.9 Å². The molecule has 1 heterocycles. The lowest BCUT2D eigenvalue weighted by atomic mass is 10.0. The second-order valence-electron chi connectivity index (χ2n) is 7.63. The Hall–Kier alpha value is -2.94. The summed E-state index contributed by atoms with van der Waals surface area (Å²) in [5.41, 5.74) is 2.47. The summed E-state index contributed by atoms with van der Waals surface area (Å²) in [7, 11) is -6.78. The largest absolute Gasteiger partial charge is 0.489 e. The maximum atomic E-state index is 12.2. The van der Waals surface area contributed by atoms with Crippen molar-refractivity contribution >= 4 is 42.2 Å². The minimum Gasteiger partial charge on any atom is -0.489 e. The Balaban J connectivity index is 1.71. The summed E-state index contributed by atoms with van der Waals surface area (Å²) in [5.74, 6) is 0.531. The second-order valence-corrected chi connectivity index (χ2v) is 12.0. The number of pyridine rings is 1. The Labute approximate surface area is 197 Å². The molecule has 9 heteroatoms. The molecule has 0 aliphatic heterocycles. The molecule has 0 saturated carbocycles. The van der Waals surface area contributed by atoms with E-state index < -0.39 is 19.7 Å². The van der Waals surface area contributed by atoms with Crippen molar-refractivity contribution < 1.29 is 21.6 Å². The van der Waals surface area contributed by atoms with Crippen molar-refractivity contribution in [2.45, 2.75) is 16.4 Å². The van der Waals surface area contributed by atoms with E-state index in [1.807, 2.05) is 0 Å². The zero-order valence-electron chi connectivity index (χ0n) is 17.8. The van der Waals surface area contributed by atoms with E-state index in [0.29, 0.717) is 32.8 Å². The maximum absolute atomic E-state index is 12.2. The normalized spacial score (nSPS) is 12.1. The molecule has 0 fully saturated rings. The molecule has 0 aliphatic carbocycles. The highest BCUT2D eigenvalue weighted by atomic mass is 35.5. The van der Waals surface area contributed by atoms with Gasteiger partial charge in [-0.25, -0.2) is 16.8 Å². The number of hydrogen-bond acceptors (Lipinski definition) is 6. The molecule has 170 valence electrons. The third-order valence-electron chi connectivity index (χ3n) is 5.09. The molecule has 0 unspecified atom stereocenters. The van der Waals surface area contributed by atoms with Crippen LogP contribution in [0, 0.1) is 0 Å². The van der Waals surface area contributed by atoms with E-state index in [2.05, 4.69) is 4.98 Å². The summed E-state index contributed by atoms with van der Waals surface area (Å²) in [6.45, 7) is 0.166. The standard InChI is InChI=1S/C24H20ClNO5S2/c1-32(27,28)18-6-3-5-16(13-18)15-31-17-9-10-22(25)21(14-17)19-11-12-26-24-20(19)7-4-8-23(24)33(2,29)30/h3-14H,15H2,1-2H3. The first kappa shape index (κ1) is 23.2. The van der Waals surface area contributed by atoms with Gasteiger partial charge in [0.15, 0.2) is 19.7 Å². The molecule has 0 saturated heterocycles. The summed E-state index contributed by atoms with van der Waals surface area (Å²) in [5, 5.41) is 1.12. The molecule has 6 nitrogen and oxygen atoms in total. The van der Waals surface area contributed by atoms with E-state index in [1.165, 1.54) is 6.07 Å². The molecule has 4 aromatic rings. The van der Waals surface area contributed by atoms with Gasteiger partial charge < -0.3 is 4.74 Å². The van der Waals surface area contributed by atoms with Crippen LogP contribution >= 0.6 is 11.6 Å². The van der Waals surface area contributed by atoms with Crippen LogP contribution in [0.5, 0.6) is 5.75 Å². The van der Waals surface area contributed by atoms with E-state index in [1.54, 1.807) is 66.9 Å². The van der Waals surface area contributed by atoms with E-state index in [9.17, 15) is 16.8 Å². The first-order valence-corrected chi connectivity index (χ1v) is 14.0.